The quantitative estimate of drug-likeness (QED) is 0.213. The average molecular weight is 507 g/mol. The van der Waals surface area contributed by atoms with E-state index in [1.54, 1.807) is 0 Å². The van der Waals surface area contributed by atoms with Crippen LogP contribution in [-0.2, 0) is 0 Å². The Kier molecular flexibility index (Phi) is 6.32. The third-order valence-electron chi connectivity index (χ3n) is 7.93. The first-order valence-electron chi connectivity index (χ1n) is 13.7. The molecule has 0 N–H and O–H groups in total. The molecule has 0 aliphatic heterocycles. The number of fused-ring (bicyclic) bond motifs is 3. The Morgan fingerprint density at radius 1 is 0.641 bits per heavy atom. The van der Waals surface area contributed by atoms with Crippen molar-refractivity contribution in [2.75, 3.05) is 0 Å². The highest BCUT2D eigenvalue weighted by molar-refractivity contribution is 6.09. The van der Waals surface area contributed by atoms with Gasteiger partial charge in [-0.2, -0.15) is 0 Å². The zero-order valence-corrected chi connectivity index (χ0v) is 23.2. The lowest BCUT2D eigenvalue weighted by Crippen LogP contribution is -1.99. The van der Waals surface area contributed by atoms with Crippen molar-refractivity contribution in [1.29, 1.82) is 0 Å². The smallest absolute Gasteiger partial charge is 0.0543 e. The fraction of sp³-hybridized carbons (Fsp3) is 0.135. The molecule has 2 heterocycles. The van der Waals surface area contributed by atoms with Crippen LogP contribution in [0.3, 0.4) is 0 Å². The van der Waals surface area contributed by atoms with Crippen molar-refractivity contribution < 1.29 is 0 Å². The molecule has 0 aliphatic rings. The molecule has 2 heteroatoms. The minimum atomic E-state index is 1.01. The molecule has 0 unspecified atom stereocenters. The minimum Gasteiger partial charge on any atom is -0.310 e. The van der Waals surface area contributed by atoms with Gasteiger partial charge in [-0.1, -0.05) is 74.2 Å². The summed E-state index contributed by atoms with van der Waals surface area (Å²) in [4.78, 5) is 0. The number of nitrogens with zero attached hydrogens (tertiary/aromatic N) is 2. The van der Waals surface area contributed by atoms with Crippen molar-refractivity contribution >= 4 is 34.0 Å². The lowest BCUT2D eigenvalue weighted by molar-refractivity contribution is 1.04. The normalized spacial score (nSPS) is 11.7. The van der Waals surface area contributed by atoms with Crippen LogP contribution in [-0.4, -0.2) is 9.13 Å². The Labute approximate surface area is 231 Å². The number of rotatable bonds is 6. The Morgan fingerprint density at radius 2 is 1.23 bits per heavy atom. The summed E-state index contributed by atoms with van der Waals surface area (Å²) in [7, 11) is 0. The maximum Gasteiger partial charge on any atom is 0.0543 e. The summed E-state index contributed by atoms with van der Waals surface area (Å²) < 4.78 is 4.70. The van der Waals surface area contributed by atoms with Gasteiger partial charge in [0.05, 0.1) is 11.0 Å². The molecule has 2 aromatic heterocycles. The van der Waals surface area contributed by atoms with Gasteiger partial charge in [0.2, 0.25) is 0 Å². The molecule has 6 aromatic rings. The molecule has 0 amide bonds. The predicted molar refractivity (Wildman–Crippen MR) is 169 cm³/mol. The Hall–Kier alpha value is -4.56. The van der Waals surface area contributed by atoms with Crippen molar-refractivity contribution in [2.45, 2.75) is 34.1 Å². The van der Waals surface area contributed by atoms with Gasteiger partial charge in [0.25, 0.3) is 0 Å². The van der Waals surface area contributed by atoms with Crippen molar-refractivity contribution in [3.05, 3.63) is 132 Å². The second-order valence-electron chi connectivity index (χ2n) is 10.3. The van der Waals surface area contributed by atoms with E-state index in [0.29, 0.717) is 0 Å². The fourth-order valence-corrected chi connectivity index (χ4v) is 5.77. The fourth-order valence-electron chi connectivity index (χ4n) is 5.77. The third kappa shape index (κ3) is 4.13. The first-order chi connectivity index (χ1) is 19.0. The van der Waals surface area contributed by atoms with Crippen LogP contribution in [0.2, 0.25) is 0 Å². The minimum absolute atomic E-state index is 1.01. The van der Waals surface area contributed by atoms with E-state index in [1.165, 1.54) is 61.0 Å². The van der Waals surface area contributed by atoms with Crippen LogP contribution in [0.4, 0.5) is 0 Å². The van der Waals surface area contributed by atoms with Gasteiger partial charge < -0.3 is 9.13 Å². The van der Waals surface area contributed by atoms with Crippen LogP contribution >= 0.6 is 0 Å². The molecule has 2 nitrogen and oxygen atoms in total. The summed E-state index contributed by atoms with van der Waals surface area (Å²) in [5.74, 6) is 0. The van der Waals surface area contributed by atoms with E-state index in [1.807, 2.05) is 6.08 Å². The molecule has 0 radical (unpaired) electrons. The van der Waals surface area contributed by atoms with E-state index in [0.717, 1.165) is 17.8 Å². The van der Waals surface area contributed by atoms with Gasteiger partial charge in [0, 0.05) is 33.5 Å². The second-order valence-corrected chi connectivity index (χ2v) is 10.3. The number of hydrogen-bond donors (Lipinski definition) is 0. The van der Waals surface area contributed by atoms with Gasteiger partial charge in [-0.05, 0) is 104 Å². The van der Waals surface area contributed by atoms with Crippen LogP contribution in [0, 0.1) is 20.8 Å². The second kappa shape index (κ2) is 9.96. The maximum absolute atomic E-state index is 4.10. The van der Waals surface area contributed by atoms with Gasteiger partial charge >= 0.3 is 0 Å². The summed E-state index contributed by atoms with van der Waals surface area (Å²) >= 11 is 0. The number of para-hydroxylation sites is 1. The highest BCUT2D eigenvalue weighted by atomic mass is 15.0. The average Bonchev–Trinajstić information content (AvgIpc) is 3.42. The Bertz CT molecular complexity index is 1860. The van der Waals surface area contributed by atoms with Gasteiger partial charge in [0.15, 0.2) is 0 Å². The summed E-state index contributed by atoms with van der Waals surface area (Å²) in [6.45, 7) is 12.8. The lowest BCUT2D eigenvalue weighted by Gasteiger charge is -2.13. The number of aromatic nitrogens is 2. The monoisotopic (exact) mass is 506 g/mol. The third-order valence-corrected chi connectivity index (χ3v) is 7.93. The molecule has 39 heavy (non-hydrogen) atoms. The van der Waals surface area contributed by atoms with Gasteiger partial charge in [-0.15, -0.1) is 0 Å². The van der Waals surface area contributed by atoms with E-state index in [4.69, 9.17) is 0 Å². The van der Waals surface area contributed by atoms with Crippen LogP contribution in [0.5, 0.6) is 0 Å². The van der Waals surface area contributed by atoms with E-state index < -0.39 is 0 Å². The first kappa shape index (κ1) is 24.8. The van der Waals surface area contributed by atoms with Crippen molar-refractivity contribution in [1.82, 2.24) is 9.13 Å². The Morgan fingerprint density at radius 3 is 1.87 bits per heavy atom. The van der Waals surface area contributed by atoms with Gasteiger partial charge in [0.1, 0.15) is 0 Å². The van der Waals surface area contributed by atoms with Crippen LogP contribution in [0.1, 0.15) is 41.4 Å². The molecule has 0 spiro atoms. The number of hydrogen-bond acceptors (Lipinski definition) is 0. The summed E-state index contributed by atoms with van der Waals surface area (Å²) in [5.41, 5.74) is 13.4. The van der Waals surface area contributed by atoms with E-state index in [2.05, 4.69) is 147 Å². The molecule has 4 aromatic carbocycles. The molecule has 0 aliphatic carbocycles. The van der Waals surface area contributed by atoms with Crippen LogP contribution < -0.4 is 0 Å². The largest absolute Gasteiger partial charge is 0.310 e. The maximum atomic E-state index is 4.10. The van der Waals surface area contributed by atoms with E-state index >= 15 is 0 Å². The van der Waals surface area contributed by atoms with E-state index in [-0.39, 0.29) is 0 Å². The zero-order chi connectivity index (χ0) is 27.1. The molecular weight excluding hydrogens is 472 g/mol. The van der Waals surface area contributed by atoms with Gasteiger partial charge in [-0.25, -0.2) is 0 Å². The number of aryl methyl sites for hydroxylation is 1. The van der Waals surface area contributed by atoms with Crippen molar-refractivity contribution in [3.8, 4) is 22.5 Å². The highest BCUT2D eigenvalue weighted by Gasteiger charge is 2.16. The molecule has 0 saturated heterocycles. The summed E-state index contributed by atoms with van der Waals surface area (Å²) in [6, 6.07) is 33.2. The molecule has 0 saturated carbocycles. The molecule has 0 bridgehead atoms. The number of benzene rings is 4. The lowest BCUT2D eigenvalue weighted by atomic mass is 10.0. The van der Waals surface area contributed by atoms with Crippen LogP contribution in [0.15, 0.2) is 104 Å². The topological polar surface area (TPSA) is 9.86 Å². The molecule has 0 atom stereocenters. The molecular formula is C37H34N2. The zero-order valence-electron chi connectivity index (χ0n) is 23.2. The van der Waals surface area contributed by atoms with Crippen molar-refractivity contribution in [2.24, 2.45) is 0 Å². The van der Waals surface area contributed by atoms with Crippen LogP contribution in [0.25, 0.3) is 56.5 Å². The number of allylic oxidation sites excluding steroid dienone is 1. The standard InChI is InChI=1S/C37H34N2/c1-6-8-12-35-27(5)26(4)34(7-2)38(35)30-19-15-28(16-20-30)29-17-21-31(22-18-29)39-36-13-10-9-11-32(36)33-23-14-25(3)24-37(33)39/h7-24H,2,6H2,1,3-5H3/b12-8-. The summed E-state index contributed by atoms with van der Waals surface area (Å²) in [6.07, 6.45) is 7.43. The van der Waals surface area contributed by atoms with Gasteiger partial charge in [-0.3, -0.25) is 0 Å². The highest BCUT2D eigenvalue weighted by Crippen LogP contribution is 2.34. The van der Waals surface area contributed by atoms with E-state index in [9.17, 15) is 0 Å². The summed E-state index contributed by atoms with van der Waals surface area (Å²) in [5, 5.41) is 2.58. The Balaban J connectivity index is 1.39. The predicted octanol–water partition coefficient (Wildman–Crippen LogP) is 10.2. The van der Waals surface area contributed by atoms with Crippen molar-refractivity contribution in [3.63, 3.8) is 0 Å². The SMILES string of the molecule is C=Cc1c(C)c(C)c(/C=C\CC)n1-c1ccc(-c2ccc(-n3c4ccccc4c4ccc(C)cc43)cc2)cc1. The molecule has 192 valence electrons. The molecule has 0 fully saturated rings. The first-order valence-corrected chi connectivity index (χ1v) is 13.7. The molecule has 6 rings (SSSR count).